The topological polar surface area (TPSA) is 74.8 Å². The molecule has 2 aromatic carbocycles. The van der Waals surface area contributed by atoms with E-state index < -0.39 is 20.0 Å². The molecule has 144 valence electrons. The summed E-state index contributed by atoms with van der Waals surface area (Å²) in [6.07, 6.45) is 0.538. The molecule has 2 atom stereocenters. The minimum absolute atomic E-state index is 0.200. The third-order valence-electron chi connectivity index (χ3n) is 5.40. The van der Waals surface area contributed by atoms with Gasteiger partial charge in [0, 0.05) is 25.2 Å². The van der Waals surface area contributed by atoms with Crippen molar-refractivity contribution in [2.75, 3.05) is 13.1 Å². The largest absolute Gasteiger partial charge is 0.243 e. The molecular weight excluding hydrogens is 384 g/mol. The Balaban J connectivity index is 1.57. The molecule has 2 heterocycles. The lowest BCUT2D eigenvalue weighted by Gasteiger charge is -2.32. The zero-order valence-corrected chi connectivity index (χ0v) is 16.9. The zero-order chi connectivity index (χ0) is 19.4. The standard InChI is InChI=1S/C19H22N2O4S2/c1-14-3-7-18(8-4-14)26(22,23)20-12-17-11-16(20)13-21(17)27(24,25)19-9-5-15(2)6-10-19/h3-10,16-17H,11-13H2,1-2H3/t16-,17-/m0/s1. The van der Waals surface area contributed by atoms with Gasteiger partial charge in [0.1, 0.15) is 0 Å². The Labute approximate surface area is 160 Å². The summed E-state index contributed by atoms with van der Waals surface area (Å²) in [6.45, 7) is 4.21. The van der Waals surface area contributed by atoms with Crippen LogP contribution in [0.5, 0.6) is 0 Å². The number of rotatable bonds is 4. The van der Waals surface area contributed by atoms with Gasteiger partial charge in [-0.25, -0.2) is 16.8 Å². The van der Waals surface area contributed by atoms with Gasteiger partial charge >= 0.3 is 0 Å². The molecule has 2 fully saturated rings. The summed E-state index contributed by atoms with van der Waals surface area (Å²) in [4.78, 5) is 0.516. The molecule has 8 heteroatoms. The van der Waals surface area contributed by atoms with E-state index in [1.165, 1.54) is 8.61 Å². The van der Waals surface area contributed by atoms with Crippen molar-refractivity contribution in [3.63, 3.8) is 0 Å². The van der Waals surface area contributed by atoms with Crippen LogP contribution in [0.3, 0.4) is 0 Å². The molecule has 0 spiro atoms. The third kappa shape index (κ3) is 3.10. The summed E-state index contributed by atoms with van der Waals surface area (Å²) in [6, 6.07) is 12.9. The van der Waals surface area contributed by atoms with Gasteiger partial charge in [-0.15, -0.1) is 0 Å². The highest BCUT2D eigenvalue weighted by molar-refractivity contribution is 7.89. The average molecular weight is 407 g/mol. The highest BCUT2D eigenvalue weighted by atomic mass is 32.2. The highest BCUT2D eigenvalue weighted by Gasteiger charge is 2.52. The summed E-state index contributed by atoms with van der Waals surface area (Å²) in [5.74, 6) is 0. The van der Waals surface area contributed by atoms with Crippen molar-refractivity contribution in [3.8, 4) is 0 Å². The second-order valence-corrected chi connectivity index (χ2v) is 11.1. The lowest BCUT2D eigenvalue weighted by atomic mass is 10.2. The van der Waals surface area contributed by atoms with Crippen LogP contribution in [0.15, 0.2) is 58.3 Å². The summed E-state index contributed by atoms with van der Waals surface area (Å²) in [5, 5.41) is 0. The number of fused-ring (bicyclic) bond motifs is 2. The van der Waals surface area contributed by atoms with Gasteiger partial charge in [-0.1, -0.05) is 35.4 Å². The zero-order valence-electron chi connectivity index (χ0n) is 15.2. The number of hydrogen-bond donors (Lipinski definition) is 0. The van der Waals surface area contributed by atoms with Crippen molar-refractivity contribution >= 4 is 20.0 Å². The van der Waals surface area contributed by atoms with Crippen molar-refractivity contribution in [3.05, 3.63) is 59.7 Å². The summed E-state index contributed by atoms with van der Waals surface area (Å²) in [7, 11) is -7.23. The lowest BCUT2D eigenvalue weighted by Crippen LogP contribution is -2.50. The highest BCUT2D eigenvalue weighted by Crippen LogP contribution is 2.38. The van der Waals surface area contributed by atoms with E-state index in [9.17, 15) is 16.8 Å². The molecule has 6 nitrogen and oxygen atoms in total. The van der Waals surface area contributed by atoms with E-state index in [1.54, 1.807) is 48.5 Å². The fraction of sp³-hybridized carbons (Fsp3) is 0.368. The van der Waals surface area contributed by atoms with Crippen LogP contribution < -0.4 is 0 Å². The van der Waals surface area contributed by atoms with E-state index in [0.29, 0.717) is 6.42 Å². The molecule has 0 unspecified atom stereocenters. The molecule has 2 saturated heterocycles. The van der Waals surface area contributed by atoms with Crippen molar-refractivity contribution in [2.45, 2.75) is 42.1 Å². The molecule has 0 aliphatic carbocycles. The molecular formula is C19H22N2O4S2. The molecule has 2 aliphatic rings. The van der Waals surface area contributed by atoms with Gasteiger partial charge in [-0.3, -0.25) is 0 Å². The van der Waals surface area contributed by atoms with Crippen LogP contribution in [0.25, 0.3) is 0 Å². The summed E-state index contributed by atoms with van der Waals surface area (Å²) >= 11 is 0. The van der Waals surface area contributed by atoms with E-state index in [1.807, 2.05) is 13.8 Å². The van der Waals surface area contributed by atoms with Crippen molar-refractivity contribution in [2.24, 2.45) is 0 Å². The Morgan fingerprint density at radius 2 is 1.00 bits per heavy atom. The summed E-state index contributed by atoms with van der Waals surface area (Å²) < 4.78 is 54.8. The van der Waals surface area contributed by atoms with Crippen molar-refractivity contribution in [1.82, 2.24) is 8.61 Å². The SMILES string of the molecule is Cc1ccc(S(=O)(=O)N2C[C@@H]3C[C@H]2CN3S(=O)(=O)c2ccc(C)cc2)cc1. The predicted octanol–water partition coefficient (Wildman–Crippen LogP) is 2.14. The molecule has 27 heavy (non-hydrogen) atoms. The maximum Gasteiger partial charge on any atom is 0.243 e. The maximum absolute atomic E-state index is 13.0. The first-order valence-corrected chi connectivity index (χ1v) is 11.7. The fourth-order valence-electron chi connectivity index (χ4n) is 3.87. The van der Waals surface area contributed by atoms with Gasteiger partial charge in [0.25, 0.3) is 0 Å². The van der Waals surface area contributed by atoms with E-state index >= 15 is 0 Å². The van der Waals surface area contributed by atoms with Crippen LogP contribution in [0.2, 0.25) is 0 Å². The predicted molar refractivity (Wildman–Crippen MR) is 102 cm³/mol. The first kappa shape index (κ1) is 18.6. The van der Waals surface area contributed by atoms with E-state index in [-0.39, 0.29) is 35.0 Å². The number of hydrogen-bond acceptors (Lipinski definition) is 4. The third-order valence-corrected chi connectivity index (χ3v) is 9.26. The Bertz CT molecular complexity index is 974. The Morgan fingerprint density at radius 1 is 0.667 bits per heavy atom. The smallest absolute Gasteiger partial charge is 0.207 e. The summed E-state index contributed by atoms with van der Waals surface area (Å²) in [5.41, 5.74) is 1.99. The van der Waals surface area contributed by atoms with Crippen LogP contribution in [0.4, 0.5) is 0 Å². The molecule has 0 saturated carbocycles. The van der Waals surface area contributed by atoms with Crippen LogP contribution in [0.1, 0.15) is 17.5 Å². The van der Waals surface area contributed by atoms with Crippen LogP contribution in [-0.4, -0.2) is 50.6 Å². The fourth-order valence-corrected chi connectivity index (χ4v) is 7.20. The Hall–Kier alpha value is -1.74. The quantitative estimate of drug-likeness (QED) is 0.780. The van der Waals surface area contributed by atoms with Gasteiger partial charge < -0.3 is 0 Å². The van der Waals surface area contributed by atoms with E-state index in [0.717, 1.165) is 11.1 Å². The second kappa shape index (κ2) is 6.41. The van der Waals surface area contributed by atoms with E-state index in [4.69, 9.17) is 0 Å². The average Bonchev–Trinajstić information content (AvgIpc) is 3.24. The monoisotopic (exact) mass is 406 g/mol. The lowest BCUT2D eigenvalue weighted by molar-refractivity contribution is 0.268. The molecule has 2 aliphatic heterocycles. The van der Waals surface area contributed by atoms with Crippen molar-refractivity contribution in [1.29, 1.82) is 0 Å². The van der Waals surface area contributed by atoms with Crippen LogP contribution in [-0.2, 0) is 20.0 Å². The first-order valence-electron chi connectivity index (χ1n) is 8.86. The van der Waals surface area contributed by atoms with Gasteiger partial charge in [0.15, 0.2) is 0 Å². The number of benzene rings is 2. The van der Waals surface area contributed by atoms with Crippen molar-refractivity contribution < 1.29 is 16.8 Å². The van der Waals surface area contributed by atoms with Crippen LogP contribution >= 0.6 is 0 Å². The van der Waals surface area contributed by atoms with Gasteiger partial charge in [0.05, 0.1) is 9.79 Å². The number of aryl methyl sites for hydroxylation is 2. The molecule has 0 amide bonds. The molecule has 4 rings (SSSR count). The molecule has 0 radical (unpaired) electrons. The normalized spacial score (nSPS) is 23.8. The number of nitrogens with zero attached hydrogens (tertiary/aromatic N) is 2. The number of sulfonamides is 2. The number of piperazine rings is 1. The van der Waals surface area contributed by atoms with Gasteiger partial charge in [-0.2, -0.15) is 8.61 Å². The van der Waals surface area contributed by atoms with E-state index in [2.05, 4.69) is 0 Å². The minimum atomic E-state index is -3.61. The molecule has 2 bridgehead atoms. The van der Waals surface area contributed by atoms with Gasteiger partial charge in [-0.05, 0) is 44.5 Å². The van der Waals surface area contributed by atoms with Crippen LogP contribution in [0, 0.1) is 13.8 Å². The molecule has 0 aromatic heterocycles. The Kier molecular flexibility index (Phi) is 4.42. The molecule has 0 N–H and O–H groups in total. The molecule has 2 aromatic rings. The first-order chi connectivity index (χ1) is 12.7. The van der Waals surface area contributed by atoms with Gasteiger partial charge in [0.2, 0.25) is 20.0 Å². The minimum Gasteiger partial charge on any atom is -0.207 e. The Morgan fingerprint density at radius 3 is 1.30 bits per heavy atom. The second-order valence-electron chi connectivity index (χ2n) is 7.32. The maximum atomic E-state index is 13.0.